The van der Waals surface area contributed by atoms with Crippen LogP contribution in [-0.4, -0.2) is 32.6 Å². The van der Waals surface area contributed by atoms with Crippen molar-refractivity contribution < 1.29 is 5.11 Å². The molecule has 2 aromatic rings. The van der Waals surface area contributed by atoms with Crippen LogP contribution in [0.15, 0.2) is 24.7 Å². The first-order valence-corrected chi connectivity index (χ1v) is 6.71. The van der Waals surface area contributed by atoms with E-state index in [1.54, 1.807) is 6.20 Å². The molecule has 2 aromatic heterocycles. The van der Waals surface area contributed by atoms with Gasteiger partial charge in [-0.05, 0) is 30.9 Å². The highest BCUT2D eigenvalue weighted by atomic mass is 16.3. The van der Waals surface area contributed by atoms with Crippen molar-refractivity contribution in [2.45, 2.75) is 33.2 Å². The largest absolute Gasteiger partial charge is 0.396 e. The van der Waals surface area contributed by atoms with E-state index >= 15 is 0 Å². The minimum absolute atomic E-state index is 0.0227. The lowest BCUT2D eigenvalue weighted by molar-refractivity contribution is 0.148. The normalized spacial score (nSPS) is 12.2. The average molecular weight is 262 g/mol. The monoisotopic (exact) mass is 262 g/mol. The molecule has 5 nitrogen and oxygen atoms in total. The lowest BCUT2D eigenvalue weighted by Crippen LogP contribution is -2.21. The van der Waals surface area contributed by atoms with Gasteiger partial charge >= 0.3 is 0 Å². The Morgan fingerprint density at radius 1 is 1.37 bits per heavy atom. The molecular formula is C14H22N4O. The molecule has 104 valence electrons. The number of imidazole rings is 1. The summed E-state index contributed by atoms with van der Waals surface area (Å²) in [5.74, 6) is 0.737. The van der Waals surface area contributed by atoms with Crippen LogP contribution < -0.4 is 5.32 Å². The van der Waals surface area contributed by atoms with Crippen LogP contribution in [0.5, 0.6) is 0 Å². The summed E-state index contributed by atoms with van der Waals surface area (Å²) >= 11 is 0. The van der Waals surface area contributed by atoms with E-state index in [1.807, 2.05) is 22.9 Å². The standard InChI is InChI=1S/C14H22N4O/c1-14(2,11-19)5-3-6-15-9-12-10-17-13-16-7-4-8-18(12)13/h4,7-8,10,15,19H,3,5-6,9,11H2,1-2H3. The predicted octanol–water partition coefficient (Wildman–Crippen LogP) is 1.62. The smallest absolute Gasteiger partial charge is 0.233 e. The van der Waals surface area contributed by atoms with E-state index in [2.05, 4.69) is 29.1 Å². The van der Waals surface area contributed by atoms with Crippen LogP contribution in [-0.2, 0) is 6.54 Å². The summed E-state index contributed by atoms with van der Waals surface area (Å²) < 4.78 is 1.99. The average Bonchev–Trinajstić information content (AvgIpc) is 2.82. The highest BCUT2D eigenvalue weighted by Crippen LogP contribution is 2.20. The van der Waals surface area contributed by atoms with Crippen molar-refractivity contribution in [2.24, 2.45) is 5.41 Å². The van der Waals surface area contributed by atoms with Gasteiger partial charge < -0.3 is 10.4 Å². The molecule has 0 atom stereocenters. The third-order valence-corrected chi connectivity index (χ3v) is 3.31. The van der Waals surface area contributed by atoms with Gasteiger partial charge in [0, 0.05) is 25.5 Å². The highest BCUT2D eigenvalue weighted by molar-refractivity contribution is 5.30. The van der Waals surface area contributed by atoms with E-state index in [1.165, 1.54) is 0 Å². The molecule has 2 rings (SSSR count). The molecule has 0 fully saturated rings. The third kappa shape index (κ3) is 3.75. The molecule has 0 amide bonds. The summed E-state index contributed by atoms with van der Waals surface area (Å²) in [5, 5.41) is 12.6. The number of aliphatic hydroxyl groups excluding tert-OH is 1. The Labute approximate surface area is 113 Å². The Hall–Kier alpha value is -1.46. The van der Waals surface area contributed by atoms with Crippen LogP contribution in [0.2, 0.25) is 0 Å². The number of nitrogens with zero attached hydrogens (tertiary/aromatic N) is 3. The number of aromatic nitrogens is 3. The zero-order chi connectivity index (χ0) is 13.7. The zero-order valence-corrected chi connectivity index (χ0v) is 11.6. The molecule has 0 unspecified atom stereocenters. The van der Waals surface area contributed by atoms with E-state index in [4.69, 9.17) is 0 Å². The van der Waals surface area contributed by atoms with Crippen molar-refractivity contribution in [1.29, 1.82) is 0 Å². The summed E-state index contributed by atoms with van der Waals surface area (Å²) in [5.41, 5.74) is 1.14. The minimum atomic E-state index is 0.0227. The second-order valence-corrected chi connectivity index (χ2v) is 5.64. The SMILES string of the molecule is CC(C)(CO)CCCNCc1cnc2ncccn12. The van der Waals surface area contributed by atoms with Gasteiger partial charge in [0.15, 0.2) is 0 Å². The Morgan fingerprint density at radius 2 is 2.21 bits per heavy atom. The summed E-state index contributed by atoms with van der Waals surface area (Å²) in [6.45, 7) is 6.14. The van der Waals surface area contributed by atoms with Crippen molar-refractivity contribution in [3.63, 3.8) is 0 Å². The van der Waals surface area contributed by atoms with Crippen molar-refractivity contribution in [3.05, 3.63) is 30.4 Å². The van der Waals surface area contributed by atoms with Crippen LogP contribution in [0.25, 0.3) is 5.78 Å². The van der Waals surface area contributed by atoms with E-state index in [-0.39, 0.29) is 12.0 Å². The predicted molar refractivity (Wildman–Crippen MR) is 74.8 cm³/mol. The first-order valence-electron chi connectivity index (χ1n) is 6.71. The zero-order valence-electron chi connectivity index (χ0n) is 11.6. The first-order chi connectivity index (χ1) is 9.12. The molecule has 0 aliphatic carbocycles. The maximum atomic E-state index is 9.18. The summed E-state index contributed by atoms with van der Waals surface area (Å²) in [6, 6.07) is 1.90. The van der Waals surface area contributed by atoms with Crippen molar-refractivity contribution >= 4 is 5.78 Å². The number of hydrogen-bond acceptors (Lipinski definition) is 4. The molecule has 19 heavy (non-hydrogen) atoms. The Morgan fingerprint density at radius 3 is 3.00 bits per heavy atom. The number of rotatable bonds is 7. The van der Waals surface area contributed by atoms with Crippen LogP contribution in [0.3, 0.4) is 0 Å². The van der Waals surface area contributed by atoms with Gasteiger partial charge in [-0.2, -0.15) is 0 Å². The van der Waals surface area contributed by atoms with E-state index in [0.717, 1.165) is 37.4 Å². The number of aliphatic hydroxyl groups is 1. The van der Waals surface area contributed by atoms with Crippen LogP contribution in [0, 0.1) is 5.41 Å². The van der Waals surface area contributed by atoms with Crippen LogP contribution in [0.1, 0.15) is 32.4 Å². The summed E-state index contributed by atoms with van der Waals surface area (Å²) in [6.07, 6.45) is 7.65. The van der Waals surface area contributed by atoms with Crippen LogP contribution in [0.4, 0.5) is 0 Å². The van der Waals surface area contributed by atoms with Crippen LogP contribution >= 0.6 is 0 Å². The molecule has 0 saturated heterocycles. The second kappa shape index (κ2) is 6.12. The lowest BCUT2D eigenvalue weighted by atomic mass is 9.89. The second-order valence-electron chi connectivity index (χ2n) is 5.64. The summed E-state index contributed by atoms with van der Waals surface area (Å²) in [4.78, 5) is 8.43. The molecule has 0 aromatic carbocycles. The maximum absolute atomic E-state index is 9.18. The van der Waals surface area contributed by atoms with Gasteiger partial charge in [0.05, 0.1) is 11.9 Å². The topological polar surface area (TPSA) is 62.5 Å². The van der Waals surface area contributed by atoms with E-state index < -0.39 is 0 Å². The van der Waals surface area contributed by atoms with Gasteiger partial charge in [0.2, 0.25) is 5.78 Å². The molecule has 2 N–H and O–H groups in total. The first kappa shape index (κ1) is 14.0. The maximum Gasteiger partial charge on any atom is 0.233 e. The molecule has 0 radical (unpaired) electrons. The Bertz CT molecular complexity index is 521. The fraction of sp³-hybridized carbons (Fsp3) is 0.571. The third-order valence-electron chi connectivity index (χ3n) is 3.31. The van der Waals surface area contributed by atoms with E-state index in [9.17, 15) is 5.11 Å². The lowest BCUT2D eigenvalue weighted by Gasteiger charge is -2.21. The molecular weight excluding hydrogens is 240 g/mol. The molecule has 5 heteroatoms. The number of nitrogens with one attached hydrogen (secondary N) is 1. The minimum Gasteiger partial charge on any atom is -0.396 e. The molecule has 0 aliphatic heterocycles. The van der Waals surface area contributed by atoms with Gasteiger partial charge in [-0.3, -0.25) is 4.40 Å². The van der Waals surface area contributed by atoms with Gasteiger partial charge in [-0.1, -0.05) is 13.8 Å². The molecule has 2 heterocycles. The van der Waals surface area contributed by atoms with Gasteiger partial charge in [0.25, 0.3) is 0 Å². The van der Waals surface area contributed by atoms with E-state index in [0.29, 0.717) is 0 Å². The van der Waals surface area contributed by atoms with Crippen molar-refractivity contribution in [2.75, 3.05) is 13.2 Å². The summed E-state index contributed by atoms with van der Waals surface area (Å²) in [7, 11) is 0. The van der Waals surface area contributed by atoms with Gasteiger partial charge in [0.1, 0.15) is 0 Å². The van der Waals surface area contributed by atoms with Crippen molar-refractivity contribution in [1.82, 2.24) is 19.7 Å². The fourth-order valence-corrected chi connectivity index (χ4v) is 2.00. The molecule has 0 bridgehead atoms. The fourth-order valence-electron chi connectivity index (χ4n) is 2.00. The molecule has 0 saturated carbocycles. The number of fused-ring (bicyclic) bond motifs is 1. The highest BCUT2D eigenvalue weighted by Gasteiger charge is 2.15. The van der Waals surface area contributed by atoms with Gasteiger partial charge in [-0.15, -0.1) is 0 Å². The molecule has 0 spiro atoms. The quantitative estimate of drug-likeness (QED) is 0.744. The Balaban J connectivity index is 1.77. The Kier molecular flexibility index (Phi) is 4.50. The van der Waals surface area contributed by atoms with Gasteiger partial charge in [-0.25, -0.2) is 9.97 Å². The number of hydrogen-bond donors (Lipinski definition) is 2. The molecule has 0 aliphatic rings. The van der Waals surface area contributed by atoms with Crippen molar-refractivity contribution in [3.8, 4) is 0 Å².